The minimum absolute atomic E-state index is 0.0475. The van der Waals surface area contributed by atoms with Gasteiger partial charge in [-0.2, -0.15) is 4.98 Å². The number of nitrogens with two attached hydrogens (primary N) is 1. The molecule has 3 heterocycles. The van der Waals surface area contributed by atoms with Gasteiger partial charge in [0.25, 0.3) is 0 Å². The van der Waals surface area contributed by atoms with Gasteiger partial charge in [0.1, 0.15) is 23.5 Å². The Hall–Kier alpha value is -3.40. The van der Waals surface area contributed by atoms with Gasteiger partial charge in [0, 0.05) is 36.5 Å². The van der Waals surface area contributed by atoms with Crippen molar-refractivity contribution >= 4 is 28.9 Å². The fourth-order valence-corrected chi connectivity index (χ4v) is 6.03. The summed E-state index contributed by atoms with van der Waals surface area (Å²) in [6, 6.07) is 1.98. The van der Waals surface area contributed by atoms with Crippen molar-refractivity contribution in [2.24, 2.45) is 11.1 Å². The molecule has 1 aliphatic heterocycles. The maximum atomic E-state index is 13.7. The third-order valence-electron chi connectivity index (χ3n) is 8.04. The fraction of sp³-hybridized carbons (Fsp3) is 0.556. The Bertz CT molecular complexity index is 1200. The number of allylic oxidation sites excluding steroid dienone is 1. The summed E-state index contributed by atoms with van der Waals surface area (Å²) < 4.78 is 6.29. The van der Waals surface area contributed by atoms with Gasteiger partial charge in [0.2, 0.25) is 5.88 Å². The van der Waals surface area contributed by atoms with Crippen LogP contribution in [0.15, 0.2) is 30.2 Å². The lowest BCUT2D eigenvalue weighted by atomic mass is 9.62. The molecule has 2 aromatic heterocycles. The van der Waals surface area contributed by atoms with Crippen molar-refractivity contribution in [1.29, 1.82) is 0 Å². The monoisotopic (exact) mass is 505 g/mol. The Morgan fingerprint density at radius 2 is 1.97 bits per heavy atom. The molecule has 3 aliphatic rings. The van der Waals surface area contributed by atoms with E-state index in [9.17, 15) is 9.59 Å². The van der Waals surface area contributed by atoms with Crippen molar-refractivity contribution < 1.29 is 14.3 Å². The standard InChI is InChI=1S/C27H35N7O3/c1-17(19-8-6-14-34(19)2)37-23-15-21(31-22-16-29-12-13-30-22)32-26(33-23)24(28)18-7-5-11-27(25(18)36)10-4-3-9-20(27)35/h12-13,15-17,19H,3-11,14,28H2,1-2H3,(H,30,31,32,33)/t17-,19-,27+/m0/s1. The largest absolute Gasteiger partial charge is 0.473 e. The Balaban J connectivity index is 1.50. The lowest BCUT2D eigenvalue weighted by molar-refractivity contribution is -0.143. The highest BCUT2D eigenvalue weighted by Gasteiger charge is 2.49. The number of ketones is 2. The number of aromatic nitrogens is 4. The smallest absolute Gasteiger partial charge is 0.219 e. The second-order valence-electron chi connectivity index (χ2n) is 10.4. The molecule has 0 amide bonds. The first-order valence-electron chi connectivity index (χ1n) is 13.2. The second-order valence-corrected chi connectivity index (χ2v) is 10.4. The predicted molar refractivity (Wildman–Crippen MR) is 139 cm³/mol. The zero-order valence-corrected chi connectivity index (χ0v) is 21.6. The van der Waals surface area contributed by atoms with Crippen LogP contribution in [0.4, 0.5) is 11.6 Å². The van der Waals surface area contributed by atoms with Crippen LogP contribution in [0.2, 0.25) is 0 Å². The first-order valence-corrected chi connectivity index (χ1v) is 13.2. The molecule has 10 nitrogen and oxygen atoms in total. The van der Waals surface area contributed by atoms with E-state index in [4.69, 9.17) is 10.5 Å². The number of likely N-dealkylation sites (tertiary alicyclic amines) is 1. The molecule has 196 valence electrons. The molecule has 37 heavy (non-hydrogen) atoms. The van der Waals surface area contributed by atoms with Crippen LogP contribution in [-0.2, 0) is 9.59 Å². The molecule has 2 aromatic rings. The number of carbonyl (C=O) groups excluding carboxylic acids is 2. The van der Waals surface area contributed by atoms with Crippen LogP contribution in [0.1, 0.15) is 70.5 Å². The summed E-state index contributed by atoms with van der Waals surface area (Å²) in [7, 11) is 2.10. The SMILES string of the molecule is C[C@H](Oc1cc(Nc2cnccn2)nc(C(N)=C2CCC[C@@]3(CCCCC3=O)C2=O)n1)[C@@H]1CCCN1C. The zero-order valence-electron chi connectivity index (χ0n) is 21.6. The summed E-state index contributed by atoms with van der Waals surface area (Å²) in [6.45, 7) is 3.07. The lowest BCUT2D eigenvalue weighted by Crippen LogP contribution is -2.45. The van der Waals surface area contributed by atoms with Crippen molar-refractivity contribution in [3.05, 3.63) is 36.1 Å². The average molecular weight is 506 g/mol. The molecule has 2 saturated carbocycles. The third kappa shape index (κ3) is 5.07. The molecule has 0 aromatic carbocycles. The van der Waals surface area contributed by atoms with Crippen LogP contribution in [0.25, 0.3) is 5.70 Å². The van der Waals surface area contributed by atoms with Gasteiger partial charge in [-0.15, -0.1) is 0 Å². The molecule has 1 saturated heterocycles. The van der Waals surface area contributed by atoms with E-state index >= 15 is 0 Å². The number of hydrogen-bond donors (Lipinski definition) is 2. The Kier molecular flexibility index (Phi) is 7.19. The van der Waals surface area contributed by atoms with Gasteiger partial charge >= 0.3 is 0 Å². The van der Waals surface area contributed by atoms with Gasteiger partial charge in [-0.3, -0.25) is 19.5 Å². The summed E-state index contributed by atoms with van der Waals surface area (Å²) >= 11 is 0. The van der Waals surface area contributed by atoms with Gasteiger partial charge in [0.05, 0.1) is 17.3 Å². The Morgan fingerprint density at radius 3 is 2.70 bits per heavy atom. The summed E-state index contributed by atoms with van der Waals surface area (Å²) in [5, 5.41) is 3.14. The maximum Gasteiger partial charge on any atom is 0.219 e. The average Bonchev–Trinajstić information content (AvgIpc) is 3.33. The highest BCUT2D eigenvalue weighted by molar-refractivity contribution is 6.17. The van der Waals surface area contributed by atoms with Crippen LogP contribution >= 0.6 is 0 Å². The Morgan fingerprint density at radius 1 is 1.14 bits per heavy atom. The normalized spacial score (nSPS) is 26.8. The van der Waals surface area contributed by atoms with Crippen LogP contribution < -0.4 is 15.8 Å². The van der Waals surface area contributed by atoms with Crippen LogP contribution in [0, 0.1) is 5.41 Å². The number of hydrogen-bond acceptors (Lipinski definition) is 10. The van der Waals surface area contributed by atoms with Crippen LogP contribution in [0.3, 0.4) is 0 Å². The minimum atomic E-state index is -0.938. The molecule has 3 atom stereocenters. The van der Waals surface area contributed by atoms with E-state index in [1.54, 1.807) is 24.7 Å². The van der Waals surface area contributed by atoms with Crippen LogP contribution in [-0.4, -0.2) is 62.1 Å². The summed E-state index contributed by atoms with van der Waals surface area (Å²) in [6.07, 6.45) is 11.4. The number of ether oxygens (including phenoxy) is 1. The van der Waals surface area contributed by atoms with Crippen LogP contribution in [0.5, 0.6) is 5.88 Å². The van der Waals surface area contributed by atoms with Crippen molar-refractivity contribution in [2.75, 3.05) is 18.9 Å². The number of likely N-dealkylation sites (N-methyl/N-ethyl adjacent to an activating group) is 1. The molecule has 5 rings (SSSR count). The molecule has 0 radical (unpaired) electrons. The van der Waals surface area contributed by atoms with Crippen molar-refractivity contribution in [3.8, 4) is 5.88 Å². The van der Waals surface area contributed by atoms with E-state index in [2.05, 4.69) is 37.2 Å². The third-order valence-corrected chi connectivity index (χ3v) is 8.04. The number of anilines is 2. The number of carbonyl (C=O) groups is 2. The van der Waals surface area contributed by atoms with E-state index in [0.29, 0.717) is 48.8 Å². The van der Waals surface area contributed by atoms with Crippen molar-refractivity contribution in [2.45, 2.75) is 76.9 Å². The first-order chi connectivity index (χ1) is 17.9. The minimum Gasteiger partial charge on any atom is -0.473 e. The number of nitrogens with one attached hydrogen (secondary N) is 1. The van der Waals surface area contributed by atoms with Crippen molar-refractivity contribution in [3.63, 3.8) is 0 Å². The molecule has 3 fully saturated rings. The molecular formula is C27H35N7O3. The van der Waals surface area contributed by atoms with Gasteiger partial charge in [-0.25, -0.2) is 9.97 Å². The summed E-state index contributed by atoms with van der Waals surface area (Å²) in [4.78, 5) is 46.5. The number of Topliss-reactive ketones (excluding diaryl/α,β-unsaturated/α-hetero) is 2. The summed E-state index contributed by atoms with van der Waals surface area (Å²) in [5.41, 5.74) is 6.33. The quantitative estimate of drug-likeness (QED) is 0.444. The molecule has 0 unspecified atom stereocenters. The Labute approximate surface area is 217 Å². The zero-order chi connectivity index (χ0) is 26.0. The highest BCUT2D eigenvalue weighted by atomic mass is 16.5. The van der Waals surface area contributed by atoms with Gasteiger partial charge in [-0.05, 0) is 65.5 Å². The van der Waals surface area contributed by atoms with Crippen molar-refractivity contribution in [1.82, 2.24) is 24.8 Å². The van der Waals surface area contributed by atoms with E-state index in [0.717, 1.165) is 38.6 Å². The summed E-state index contributed by atoms with van der Waals surface area (Å²) in [5.74, 6) is 1.40. The molecule has 1 spiro atoms. The second kappa shape index (κ2) is 10.5. The maximum absolute atomic E-state index is 13.7. The molecule has 3 N–H and O–H groups in total. The lowest BCUT2D eigenvalue weighted by Gasteiger charge is -2.38. The van der Waals surface area contributed by atoms with Gasteiger partial charge in [0.15, 0.2) is 11.6 Å². The molecule has 2 aliphatic carbocycles. The topological polar surface area (TPSA) is 136 Å². The van der Waals surface area contributed by atoms with E-state index in [-0.39, 0.29) is 35.2 Å². The number of nitrogens with zero attached hydrogens (tertiary/aromatic N) is 5. The number of rotatable bonds is 6. The van der Waals surface area contributed by atoms with E-state index < -0.39 is 5.41 Å². The molecule has 0 bridgehead atoms. The van der Waals surface area contributed by atoms with Gasteiger partial charge < -0.3 is 15.8 Å². The fourth-order valence-electron chi connectivity index (χ4n) is 6.03. The molecular weight excluding hydrogens is 470 g/mol. The molecule has 10 heteroatoms. The highest BCUT2D eigenvalue weighted by Crippen LogP contribution is 2.45. The predicted octanol–water partition coefficient (Wildman–Crippen LogP) is 3.42. The van der Waals surface area contributed by atoms with Gasteiger partial charge in [-0.1, -0.05) is 6.42 Å². The van der Waals surface area contributed by atoms with E-state index in [1.807, 2.05) is 6.92 Å². The van der Waals surface area contributed by atoms with E-state index in [1.165, 1.54) is 0 Å². The first kappa shape index (κ1) is 25.3.